The molecule has 1 aromatic heterocycles. The van der Waals surface area contributed by atoms with Crippen LogP contribution < -0.4 is 5.32 Å². The van der Waals surface area contributed by atoms with Gasteiger partial charge in [-0.05, 0) is 35.9 Å². The Labute approximate surface area is 147 Å². The lowest BCUT2D eigenvalue weighted by Gasteiger charge is -2.17. The Morgan fingerprint density at radius 3 is 2.83 bits per heavy atom. The fourth-order valence-corrected chi connectivity index (χ4v) is 2.60. The maximum atomic E-state index is 12.2. The van der Waals surface area contributed by atoms with Gasteiger partial charge in [0.15, 0.2) is 0 Å². The van der Waals surface area contributed by atoms with Crippen LogP contribution in [-0.4, -0.2) is 30.0 Å². The molecule has 23 heavy (non-hydrogen) atoms. The van der Waals surface area contributed by atoms with Gasteiger partial charge in [-0.2, -0.15) is 0 Å². The molecule has 0 fully saturated rings. The van der Waals surface area contributed by atoms with Gasteiger partial charge in [0, 0.05) is 28.3 Å². The number of aromatic nitrogens is 1. The van der Waals surface area contributed by atoms with E-state index in [4.69, 9.17) is 16.3 Å². The summed E-state index contributed by atoms with van der Waals surface area (Å²) in [6.07, 6.45) is 3.25. The van der Waals surface area contributed by atoms with Crippen molar-refractivity contribution < 1.29 is 14.3 Å². The van der Waals surface area contributed by atoms with Crippen LogP contribution in [0.4, 0.5) is 0 Å². The van der Waals surface area contributed by atoms with Crippen molar-refractivity contribution >= 4 is 39.4 Å². The fraction of sp³-hybridized carbons (Fsp3) is 0.188. The lowest BCUT2D eigenvalue weighted by molar-refractivity contribution is -0.142. The summed E-state index contributed by atoms with van der Waals surface area (Å²) in [4.78, 5) is 28.1. The zero-order valence-corrected chi connectivity index (χ0v) is 14.6. The molecule has 1 atom stereocenters. The van der Waals surface area contributed by atoms with Gasteiger partial charge >= 0.3 is 5.97 Å². The van der Waals surface area contributed by atoms with Crippen LogP contribution >= 0.6 is 27.5 Å². The Bertz CT molecular complexity index is 710. The number of amides is 1. The number of pyridine rings is 1. The largest absolute Gasteiger partial charge is 0.467 e. The van der Waals surface area contributed by atoms with Crippen LogP contribution in [0.2, 0.25) is 5.02 Å². The van der Waals surface area contributed by atoms with Crippen molar-refractivity contribution in [2.24, 2.45) is 0 Å². The zero-order valence-electron chi connectivity index (χ0n) is 12.3. The normalized spacial score (nSPS) is 11.6. The predicted octanol–water partition coefficient (Wildman–Crippen LogP) is 3.01. The molecule has 1 aromatic carbocycles. The summed E-state index contributed by atoms with van der Waals surface area (Å²) in [5.74, 6) is -0.930. The molecule has 0 radical (unpaired) electrons. The lowest BCUT2D eigenvalue weighted by Crippen LogP contribution is -2.43. The SMILES string of the molecule is COC(=O)[C@H](Cc1cc(Cl)ccc1Br)NC(=O)c1cccnc1. The van der Waals surface area contributed by atoms with E-state index in [1.165, 1.54) is 13.3 Å². The number of methoxy groups -OCH3 is 1. The first-order chi connectivity index (χ1) is 11.0. The zero-order chi connectivity index (χ0) is 16.8. The maximum absolute atomic E-state index is 12.2. The summed E-state index contributed by atoms with van der Waals surface area (Å²) < 4.78 is 5.57. The van der Waals surface area contributed by atoms with E-state index >= 15 is 0 Å². The number of carbonyl (C=O) groups excluding carboxylic acids is 2. The highest BCUT2D eigenvalue weighted by Crippen LogP contribution is 2.22. The molecular weight excluding hydrogens is 384 g/mol. The molecule has 0 aliphatic heterocycles. The van der Waals surface area contributed by atoms with E-state index in [1.807, 2.05) is 0 Å². The highest BCUT2D eigenvalue weighted by molar-refractivity contribution is 9.10. The van der Waals surface area contributed by atoms with E-state index < -0.39 is 17.9 Å². The van der Waals surface area contributed by atoms with Crippen molar-refractivity contribution in [3.05, 3.63) is 63.3 Å². The minimum absolute atomic E-state index is 0.250. The number of nitrogens with zero attached hydrogens (tertiary/aromatic N) is 1. The lowest BCUT2D eigenvalue weighted by atomic mass is 10.1. The molecule has 1 amide bonds. The van der Waals surface area contributed by atoms with Gasteiger partial charge in [0.05, 0.1) is 12.7 Å². The minimum Gasteiger partial charge on any atom is -0.467 e. The Hall–Kier alpha value is -1.92. The third kappa shape index (κ3) is 4.77. The van der Waals surface area contributed by atoms with Crippen LogP contribution in [-0.2, 0) is 16.0 Å². The van der Waals surface area contributed by atoms with Crippen LogP contribution in [0.15, 0.2) is 47.2 Å². The first-order valence-corrected chi connectivity index (χ1v) is 7.91. The second kappa shape index (κ2) is 8.08. The van der Waals surface area contributed by atoms with Gasteiger partial charge in [-0.25, -0.2) is 4.79 Å². The molecule has 120 valence electrons. The van der Waals surface area contributed by atoms with E-state index in [0.29, 0.717) is 10.6 Å². The van der Waals surface area contributed by atoms with Crippen LogP contribution in [0, 0.1) is 0 Å². The van der Waals surface area contributed by atoms with E-state index in [9.17, 15) is 9.59 Å². The van der Waals surface area contributed by atoms with Crippen molar-refractivity contribution in [2.45, 2.75) is 12.5 Å². The molecule has 0 saturated carbocycles. The average Bonchev–Trinajstić information content (AvgIpc) is 2.57. The van der Waals surface area contributed by atoms with Crippen LogP contribution in [0.25, 0.3) is 0 Å². The smallest absolute Gasteiger partial charge is 0.328 e. The third-order valence-electron chi connectivity index (χ3n) is 3.15. The van der Waals surface area contributed by atoms with Gasteiger partial charge in [-0.3, -0.25) is 9.78 Å². The van der Waals surface area contributed by atoms with Crippen LogP contribution in [0.3, 0.4) is 0 Å². The highest BCUT2D eigenvalue weighted by atomic mass is 79.9. The van der Waals surface area contributed by atoms with Crippen molar-refractivity contribution in [1.82, 2.24) is 10.3 Å². The molecular formula is C16H14BrClN2O3. The molecule has 5 nitrogen and oxygen atoms in total. The number of rotatable bonds is 5. The third-order valence-corrected chi connectivity index (χ3v) is 4.16. The van der Waals surface area contributed by atoms with Gasteiger partial charge in [-0.1, -0.05) is 27.5 Å². The standard InChI is InChI=1S/C16H14BrClN2O3/c1-23-16(22)14(8-11-7-12(18)4-5-13(11)17)20-15(21)10-3-2-6-19-9-10/h2-7,9,14H,8H2,1H3,(H,20,21)/t14-/m0/s1. The number of esters is 1. The van der Waals surface area contributed by atoms with Gasteiger partial charge in [-0.15, -0.1) is 0 Å². The van der Waals surface area contributed by atoms with Gasteiger partial charge in [0.25, 0.3) is 5.91 Å². The molecule has 0 aliphatic rings. The molecule has 2 rings (SSSR count). The maximum Gasteiger partial charge on any atom is 0.328 e. The number of ether oxygens (including phenoxy) is 1. The summed E-state index contributed by atoms with van der Waals surface area (Å²) in [5.41, 5.74) is 1.16. The molecule has 1 heterocycles. The Morgan fingerprint density at radius 2 is 2.17 bits per heavy atom. The van der Waals surface area contributed by atoms with Crippen LogP contribution in [0.5, 0.6) is 0 Å². The molecule has 7 heteroatoms. The number of halogens is 2. The first kappa shape index (κ1) is 17.4. The number of hydrogen-bond donors (Lipinski definition) is 1. The van der Waals surface area contributed by atoms with Crippen molar-refractivity contribution in [3.63, 3.8) is 0 Å². The second-order valence-corrected chi connectivity index (χ2v) is 6.02. The first-order valence-electron chi connectivity index (χ1n) is 6.74. The monoisotopic (exact) mass is 396 g/mol. The molecule has 0 aliphatic carbocycles. The topological polar surface area (TPSA) is 68.3 Å². The van der Waals surface area contributed by atoms with Crippen molar-refractivity contribution in [2.75, 3.05) is 7.11 Å². The van der Waals surface area contributed by atoms with E-state index in [0.717, 1.165) is 10.0 Å². The van der Waals surface area contributed by atoms with Crippen LogP contribution in [0.1, 0.15) is 15.9 Å². The summed E-state index contributed by atoms with van der Waals surface area (Å²) >= 11 is 9.39. The quantitative estimate of drug-likeness (QED) is 0.788. The number of carbonyl (C=O) groups is 2. The predicted molar refractivity (Wildman–Crippen MR) is 90.4 cm³/mol. The second-order valence-electron chi connectivity index (χ2n) is 4.73. The van der Waals surface area contributed by atoms with Gasteiger partial charge < -0.3 is 10.1 Å². The van der Waals surface area contributed by atoms with Gasteiger partial charge in [0.2, 0.25) is 0 Å². The minimum atomic E-state index is -0.831. The summed E-state index contributed by atoms with van der Waals surface area (Å²) in [6.45, 7) is 0. The Morgan fingerprint density at radius 1 is 1.39 bits per heavy atom. The molecule has 2 aromatic rings. The molecule has 1 N–H and O–H groups in total. The number of hydrogen-bond acceptors (Lipinski definition) is 4. The van der Waals surface area contributed by atoms with Crippen molar-refractivity contribution in [3.8, 4) is 0 Å². The molecule has 0 saturated heterocycles. The summed E-state index contributed by atoms with van der Waals surface area (Å²) in [5, 5.41) is 3.21. The average molecular weight is 398 g/mol. The summed E-state index contributed by atoms with van der Waals surface area (Å²) in [6, 6.07) is 7.69. The summed E-state index contributed by atoms with van der Waals surface area (Å²) in [7, 11) is 1.28. The van der Waals surface area contributed by atoms with E-state index in [-0.39, 0.29) is 6.42 Å². The highest BCUT2D eigenvalue weighted by Gasteiger charge is 2.23. The Balaban J connectivity index is 2.19. The molecule has 0 bridgehead atoms. The van der Waals surface area contributed by atoms with Crippen molar-refractivity contribution in [1.29, 1.82) is 0 Å². The van der Waals surface area contributed by atoms with E-state index in [2.05, 4.69) is 26.2 Å². The number of nitrogens with one attached hydrogen (secondary N) is 1. The fourth-order valence-electron chi connectivity index (χ4n) is 1.99. The van der Waals surface area contributed by atoms with E-state index in [1.54, 1.807) is 36.5 Å². The molecule has 0 spiro atoms. The molecule has 0 unspecified atom stereocenters. The Kier molecular flexibility index (Phi) is 6.12. The van der Waals surface area contributed by atoms with Gasteiger partial charge in [0.1, 0.15) is 6.04 Å². The number of benzene rings is 1.